The predicted molar refractivity (Wildman–Crippen MR) is 144 cm³/mol. The van der Waals surface area contributed by atoms with Gasteiger partial charge in [-0.15, -0.1) is 6.58 Å². The van der Waals surface area contributed by atoms with Gasteiger partial charge in [0.25, 0.3) is 0 Å². The van der Waals surface area contributed by atoms with Crippen LogP contribution in [0.3, 0.4) is 0 Å². The third-order valence-electron chi connectivity index (χ3n) is 9.59. The summed E-state index contributed by atoms with van der Waals surface area (Å²) in [5.41, 5.74) is -0.124. The van der Waals surface area contributed by atoms with Crippen LogP contribution < -0.4 is 9.47 Å². The summed E-state index contributed by atoms with van der Waals surface area (Å²) < 4.78 is 51.8. The monoisotopic (exact) mass is 554 g/mol. The van der Waals surface area contributed by atoms with Gasteiger partial charge < -0.3 is 19.5 Å². The fraction of sp³-hybridized carbons (Fsp3) is 0.452. The number of ether oxygens (including phenoxy) is 2. The third kappa shape index (κ3) is 3.74. The minimum atomic E-state index is -4.46. The Morgan fingerprint density at radius 3 is 2.83 bits per heavy atom. The number of likely N-dealkylation sites (N-methyl/N-ethyl adjacent to an activating group) is 1. The van der Waals surface area contributed by atoms with E-state index in [1.54, 1.807) is 19.1 Å². The van der Waals surface area contributed by atoms with Crippen LogP contribution in [0.4, 0.5) is 13.2 Å². The average molecular weight is 555 g/mol. The zero-order valence-corrected chi connectivity index (χ0v) is 22.6. The van der Waals surface area contributed by atoms with E-state index in [4.69, 9.17) is 9.47 Å². The number of piperidine rings is 1. The zero-order chi connectivity index (χ0) is 28.4. The van der Waals surface area contributed by atoms with Gasteiger partial charge in [0.2, 0.25) is 5.91 Å². The maximum Gasteiger partial charge on any atom is 0.416 e. The van der Waals surface area contributed by atoms with Crippen molar-refractivity contribution in [2.45, 2.75) is 61.1 Å². The highest BCUT2D eigenvalue weighted by Crippen LogP contribution is 2.65. The van der Waals surface area contributed by atoms with Gasteiger partial charge in [-0.1, -0.05) is 24.3 Å². The minimum absolute atomic E-state index is 0.111. The van der Waals surface area contributed by atoms with E-state index < -0.39 is 28.9 Å². The maximum absolute atomic E-state index is 13.4. The zero-order valence-electron chi connectivity index (χ0n) is 22.6. The Balaban J connectivity index is 1.35. The Kier molecular flexibility index (Phi) is 6.31. The summed E-state index contributed by atoms with van der Waals surface area (Å²) in [5, 5.41) is 12.5. The lowest BCUT2D eigenvalue weighted by atomic mass is 9.48. The lowest BCUT2D eigenvalue weighted by Gasteiger charge is -2.64. The van der Waals surface area contributed by atoms with Crippen molar-refractivity contribution in [3.05, 3.63) is 77.4 Å². The number of hydrogen-bond acceptors (Lipinski definition) is 5. The van der Waals surface area contributed by atoms with Crippen molar-refractivity contribution in [2.75, 3.05) is 27.2 Å². The van der Waals surface area contributed by atoms with Crippen molar-refractivity contribution < 1.29 is 32.5 Å². The topological polar surface area (TPSA) is 62.2 Å². The van der Waals surface area contributed by atoms with Crippen LogP contribution >= 0.6 is 0 Å². The number of alkyl halides is 3. The molecule has 2 aliphatic carbocycles. The fourth-order valence-electron chi connectivity index (χ4n) is 7.80. The van der Waals surface area contributed by atoms with Crippen LogP contribution in [0.5, 0.6) is 11.5 Å². The SMILES string of the molecule is C=CCN1CC[C@]23c4c5ccc(OC)c4O[C@H]2[C@H](N(C)C(=O)C=Cc2cccc(C(F)(F)F)c2)CC[C@@]3(O)[C@H]1C5. The van der Waals surface area contributed by atoms with Gasteiger partial charge in [0.1, 0.15) is 6.10 Å². The van der Waals surface area contributed by atoms with Crippen LogP contribution in [0, 0.1) is 0 Å². The molecule has 40 heavy (non-hydrogen) atoms. The largest absolute Gasteiger partial charge is 0.493 e. The van der Waals surface area contributed by atoms with E-state index in [0.29, 0.717) is 43.7 Å². The highest BCUT2D eigenvalue weighted by atomic mass is 19.4. The fourth-order valence-corrected chi connectivity index (χ4v) is 7.80. The summed E-state index contributed by atoms with van der Waals surface area (Å²) >= 11 is 0. The second-order valence-electron chi connectivity index (χ2n) is 11.3. The number of methoxy groups -OCH3 is 1. The van der Waals surface area contributed by atoms with E-state index in [1.165, 1.54) is 24.3 Å². The van der Waals surface area contributed by atoms with Crippen LogP contribution in [0.15, 0.2) is 55.1 Å². The van der Waals surface area contributed by atoms with E-state index in [1.807, 2.05) is 12.1 Å². The number of amides is 1. The number of aliphatic hydroxyl groups is 1. The van der Waals surface area contributed by atoms with E-state index in [9.17, 15) is 23.1 Å². The van der Waals surface area contributed by atoms with Crippen LogP contribution in [-0.4, -0.2) is 71.8 Å². The summed E-state index contributed by atoms with van der Waals surface area (Å²) in [5.74, 6) is 0.910. The highest BCUT2D eigenvalue weighted by Gasteiger charge is 2.73. The maximum atomic E-state index is 13.4. The summed E-state index contributed by atoms with van der Waals surface area (Å²) in [6.07, 6.45) is 1.97. The number of nitrogens with zero attached hydrogens (tertiary/aromatic N) is 2. The highest BCUT2D eigenvalue weighted by molar-refractivity contribution is 5.92. The molecule has 4 aliphatic rings. The molecule has 2 aromatic carbocycles. The van der Waals surface area contributed by atoms with E-state index >= 15 is 0 Å². The number of halogens is 3. The second-order valence-corrected chi connectivity index (χ2v) is 11.3. The molecule has 1 spiro atoms. The van der Waals surface area contributed by atoms with Gasteiger partial charge in [-0.2, -0.15) is 13.2 Å². The van der Waals surface area contributed by atoms with Crippen molar-refractivity contribution in [2.24, 2.45) is 0 Å². The van der Waals surface area contributed by atoms with Crippen molar-refractivity contribution >= 4 is 12.0 Å². The molecule has 0 unspecified atom stereocenters. The van der Waals surface area contributed by atoms with Crippen LogP contribution in [0.25, 0.3) is 6.08 Å². The van der Waals surface area contributed by atoms with Gasteiger partial charge in [-0.3, -0.25) is 9.69 Å². The van der Waals surface area contributed by atoms with Crippen LogP contribution in [-0.2, 0) is 22.8 Å². The standard InChI is InChI=1S/C31H33F3N2O4/c1-4-15-36-16-14-29-26-20-9-10-23(39-3)27(26)40-28(29)22(12-13-30(29,38)24(36)18-20)35(2)25(37)11-8-19-6-5-7-21(17-19)31(32,33)34/h4-11,17,22,24,28,38H,1,12-16,18H2,2-3H3/t22-,24-,28+,29+,30-/m1/s1. The summed E-state index contributed by atoms with van der Waals surface area (Å²) in [7, 11) is 3.29. The molecule has 9 heteroatoms. The van der Waals surface area contributed by atoms with Gasteiger partial charge in [0, 0.05) is 31.3 Å². The molecule has 2 heterocycles. The molecule has 6 nitrogen and oxygen atoms in total. The Labute approximate surface area is 231 Å². The van der Waals surface area contributed by atoms with E-state index in [2.05, 4.69) is 17.5 Å². The molecule has 0 radical (unpaired) electrons. The number of carbonyl (C=O) groups excluding carboxylic acids is 1. The molecule has 2 aromatic rings. The summed E-state index contributed by atoms with van der Waals surface area (Å²) in [6, 6.07) is 8.38. The molecule has 1 saturated carbocycles. The molecule has 212 valence electrons. The van der Waals surface area contributed by atoms with Crippen LogP contribution in [0.2, 0.25) is 0 Å². The van der Waals surface area contributed by atoms with Crippen molar-refractivity contribution in [3.8, 4) is 11.5 Å². The molecule has 1 N–H and O–H groups in total. The summed E-state index contributed by atoms with van der Waals surface area (Å²) in [4.78, 5) is 17.3. The van der Waals surface area contributed by atoms with Crippen molar-refractivity contribution in [1.29, 1.82) is 0 Å². The van der Waals surface area contributed by atoms with E-state index in [-0.39, 0.29) is 23.6 Å². The molecule has 2 fully saturated rings. The normalized spacial score (nSPS) is 30.5. The van der Waals surface area contributed by atoms with Crippen molar-refractivity contribution in [3.63, 3.8) is 0 Å². The first-order valence-corrected chi connectivity index (χ1v) is 13.6. The molecule has 1 amide bonds. The first-order chi connectivity index (χ1) is 19.0. The lowest BCUT2D eigenvalue weighted by molar-refractivity contribution is -0.198. The molecule has 5 atom stereocenters. The van der Waals surface area contributed by atoms with E-state index in [0.717, 1.165) is 29.8 Å². The van der Waals surface area contributed by atoms with Crippen LogP contribution in [0.1, 0.15) is 41.5 Å². The third-order valence-corrected chi connectivity index (χ3v) is 9.59. The van der Waals surface area contributed by atoms with Gasteiger partial charge in [0.15, 0.2) is 11.5 Å². The lowest BCUT2D eigenvalue weighted by Crippen LogP contribution is -2.78. The van der Waals surface area contributed by atoms with Gasteiger partial charge in [-0.05, 0) is 67.6 Å². The average Bonchev–Trinajstić information content (AvgIpc) is 3.28. The molecule has 0 aromatic heterocycles. The summed E-state index contributed by atoms with van der Waals surface area (Å²) in [6.45, 7) is 5.35. The smallest absolute Gasteiger partial charge is 0.416 e. The number of benzene rings is 2. The molecular weight excluding hydrogens is 521 g/mol. The number of carbonyl (C=O) groups is 1. The minimum Gasteiger partial charge on any atom is -0.493 e. The Hall–Kier alpha value is -3.30. The second kappa shape index (κ2) is 9.38. The van der Waals surface area contributed by atoms with Crippen molar-refractivity contribution in [1.82, 2.24) is 9.80 Å². The Morgan fingerprint density at radius 1 is 1.30 bits per heavy atom. The molecular formula is C31H33F3N2O4. The quantitative estimate of drug-likeness (QED) is 0.418. The first-order valence-electron chi connectivity index (χ1n) is 13.6. The Morgan fingerprint density at radius 2 is 2.10 bits per heavy atom. The molecule has 2 bridgehead atoms. The van der Waals surface area contributed by atoms with Gasteiger partial charge >= 0.3 is 6.18 Å². The van der Waals surface area contributed by atoms with Gasteiger partial charge in [-0.25, -0.2) is 0 Å². The first kappa shape index (κ1) is 26.9. The molecule has 6 rings (SSSR count). The number of rotatable bonds is 6. The number of likely N-dealkylation sites (tertiary alicyclic amines) is 1. The Bertz CT molecular complexity index is 1390. The van der Waals surface area contributed by atoms with Gasteiger partial charge in [0.05, 0.1) is 29.7 Å². The number of hydrogen-bond donors (Lipinski definition) is 1. The molecule has 2 aliphatic heterocycles. The predicted octanol–water partition coefficient (Wildman–Crippen LogP) is 4.59. The molecule has 1 saturated heterocycles.